The molecule has 5 nitrogen and oxygen atoms in total. The molecule has 1 aliphatic rings. The number of aryl methyl sites for hydroxylation is 2. The summed E-state index contributed by atoms with van der Waals surface area (Å²) in [6.45, 7) is 6.94. The number of nitrogens with zero attached hydrogens (tertiary/aromatic N) is 3. The Labute approximate surface area is 165 Å². The van der Waals surface area contributed by atoms with E-state index in [0.717, 1.165) is 41.8 Å². The highest BCUT2D eigenvalue weighted by Gasteiger charge is 2.27. The molecule has 1 amide bonds. The number of piperidine rings is 1. The zero-order chi connectivity index (χ0) is 19.7. The third kappa shape index (κ3) is 3.57. The van der Waals surface area contributed by atoms with Gasteiger partial charge in [0.2, 0.25) is 0 Å². The summed E-state index contributed by atoms with van der Waals surface area (Å²) in [5.74, 6) is 0.0387. The SMILES string of the molecule is Cc1ccc(Nc2c(C(=O)N3CCCC[C@H]3C)cnc3nc(C)ccc23)cc1. The smallest absolute Gasteiger partial charge is 0.257 e. The molecule has 5 heteroatoms. The Kier molecular flexibility index (Phi) is 4.99. The van der Waals surface area contributed by atoms with E-state index < -0.39 is 0 Å². The second-order valence-electron chi connectivity index (χ2n) is 7.71. The molecule has 1 aliphatic heterocycles. The first-order valence-corrected chi connectivity index (χ1v) is 9.94. The number of hydrogen-bond acceptors (Lipinski definition) is 4. The van der Waals surface area contributed by atoms with E-state index in [1.54, 1.807) is 6.20 Å². The molecule has 0 saturated carbocycles. The van der Waals surface area contributed by atoms with E-state index in [1.165, 1.54) is 12.0 Å². The molecular weight excluding hydrogens is 348 g/mol. The molecule has 3 aromatic rings. The topological polar surface area (TPSA) is 58.1 Å². The maximum absolute atomic E-state index is 13.4. The quantitative estimate of drug-likeness (QED) is 0.700. The van der Waals surface area contributed by atoms with E-state index in [9.17, 15) is 4.79 Å². The van der Waals surface area contributed by atoms with Gasteiger partial charge in [0.1, 0.15) is 0 Å². The highest BCUT2D eigenvalue weighted by Crippen LogP contribution is 2.31. The summed E-state index contributed by atoms with van der Waals surface area (Å²) in [4.78, 5) is 24.4. The van der Waals surface area contributed by atoms with Crippen LogP contribution in [0.5, 0.6) is 0 Å². The number of anilines is 2. The van der Waals surface area contributed by atoms with Crippen LogP contribution in [0.15, 0.2) is 42.6 Å². The number of nitrogens with one attached hydrogen (secondary N) is 1. The normalized spacial score (nSPS) is 17.0. The lowest BCUT2D eigenvalue weighted by Crippen LogP contribution is -2.42. The summed E-state index contributed by atoms with van der Waals surface area (Å²) < 4.78 is 0. The molecule has 0 radical (unpaired) electrons. The number of likely N-dealkylation sites (tertiary alicyclic amines) is 1. The Hall–Kier alpha value is -2.95. The Morgan fingerprint density at radius 3 is 2.64 bits per heavy atom. The minimum Gasteiger partial charge on any atom is -0.354 e. The summed E-state index contributed by atoms with van der Waals surface area (Å²) in [6.07, 6.45) is 4.96. The Morgan fingerprint density at radius 1 is 1.11 bits per heavy atom. The number of benzene rings is 1. The summed E-state index contributed by atoms with van der Waals surface area (Å²) in [5, 5.41) is 4.33. The summed E-state index contributed by atoms with van der Waals surface area (Å²) in [6, 6.07) is 12.4. The second-order valence-corrected chi connectivity index (χ2v) is 7.71. The third-order valence-electron chi connectivity index (χ3n) is 5.48. The van der Waals surface area contributed by atoms with Gasteiger partial charge in [-0.15, -0.1) is 0 Å². The van der Waals surface area contributed by atoms with Gasteiger partial charge in [-0.2, -0.15) is 0 Å². The highest BCUT2D eigenvalue weighted by molar-refractivity contribution is 6.07. The average Bonchev–Trinajstić information content (AvgIpc) is 2.69. The van der Waals surface area contributed by atoms with Crippen molar-refractivity contribution in [1.82, 2.24) is 14.9 Å². The first kappa shape index (κ1) is 18.4. The maximum Gasteiger partial charge on any atom is 0.257 e. The lowest BCUT2D eigenvalue weighted by Gasteiger charge is -2.34. The molecule has 1 fully saturated rings. The van der Waals surface area contributed by atoms with Crippen molar-refractivity contribution in [3.63, 3.8) is 0 Å². The molecule has 28 heavy (non-hydrogen) atoms. The number of carbonyl (C=O) groups is 1. The summed E-state index contributed by atoms with van der Waals surface area (Å²) in [7, 11) is 0. The third-order valence-corrected chi connectivity index (χ3v) is 5.48. The lowest BCUT2D eigenvalue weighted by molar-refractivity contribution is 0.0636. The van der Waals surface area contributed by atoms with Gasteiger partial charge in [-0.3, -0.25) is 4.79 Å². The fourth-order valence-electron chi connectivity index (χ4n) is 3.80. The molecule has 0 aliphatic carbocycles. The van der Waals surface area contributed by atoms with Gasteiger partial charge in [-0.1, -0.05) is 17.7 Å². The standard InChI is InChI=1S/C23H26N4O/c1-15-7-10-18(11-8-15)26-21-19-12-9-16(2)25-22(19)24-14-20(21)23(28)27-13-5-4-6-17(27)3/h7-12,14,17H,4-6,13H2,1-3H3,(H,24,25,26)/t17-/m1/s1. The molecule has 2 aromatic heterocycles. The van der Waals surface area contributed by atoms with Gasteiger partial charge in [0.25, 0.3) is 5.91 Å². The minimum absolute atomic E-state index is 0.0387. The van der Waals surface area contributed by atoms with E-state index in [2.05, 4.69) is 41.3 Å². The molecule has 0 unspecified atom stereocenters. The van der Waals surface area contributed by atoms with Gasteiger partial charge in [0, 0.05) is 35.6 Å². The van der Waals surface area contributed by atoms with Crippen LogP contribution in [0.4, 0.5) is 11.4 Å². The van der Waals surface area contributed by atoms with E-state index in [1.807, 2.05) is 36.1 Å². The van der Waals surface area contributed by atoms with Crippen LogP contribution in [0.2, 0.25) is 0 Å². The van der Waals surface area contributed by atoms with Crippen LogP contribution < -0.4 is 5.32 Å². The lowest BCUT2D eigenvalue weighted by atomic mass is 10.0. The van der Waals surface area contributed by atoms with Gasteiger partial charge in [-0.25, -0.2) is 9.97 Å². The monoisotopic (exact) mass is 374 g/mol. The molecule has 144 valence electrons. The van der Waals surface area contributed by atoms with E-state index >= 15 is 0 Å². The van der Waals surface area contributed by atoms with E-state index in [4.69, 9.17) is 0 Å². The van der Waals surface area contributed by atoms with Crippen molar-refractivity contribution in [1.29, 1.82) is 0 Å². The average molecular weight is 374 g/mol. The fraction of sp³-hybridized carbons (Fsp3) is 0.348. The number of fused-ring (bicyclic) bond motifs is 1. The van der Waals surface area contributed by atoms with Crippen LogP contribution in [0.1, 0.15) is 47.8 Å². The van der Waals surface area contributed by atoms with Crippen molar-refractivity contribution in [2.45, 2.75) is 46.1 Å². The van der Waals surface area contributed by atoms with Crippen LogP contribution in [-0.2, 0) is 0 Å². The van der Waals surface area contributed by atoms with E-state index in [-0.39, 0.29) is 11.9 Å². The molecule has 1 atom stereocenters. The van der Waals surface area contributed by atoms with Gasteiger partial charge in [0.05, 0.1) is 11.3 Å². The van der Waals surface area contributed by atoms with Gasteiger partial charge in [0.15, 0.2) is 5.65 Å². The van der Waals surface area contributed by atoms with Crippen LogP contribution in [-0.4, -0.2) is 33.4 Å². The first-order valence-electron chi connectivity index (χ1n) is 9.94. The predicted molar refractivity (Wildman–Crippen MR) is 113 cm³/mol. The van der Waals surface area contributed by atoms with Crippen LogP contribution in [0.25, 0.3) is 11.0 Å². The van der Waals surface area contributed by atoms with Gasteiger partial charge >= 0.3 is 0 Å². The van der Waals surface area contributed by atoms with Crippen LogP contribution in [0, 0.1) is 13.8 Å². The molecule has 0 spiro atoms. The van der Waals surface area contributed by atoms with Crippen molar-refractivity contribution in [2.75, 3.05) is 11.9 Å². The molecule has 1 saturated heterocycles. The number of carbonyl (C=O) groups excluding carboxylic acids is 1. The summed E-state index contributed by atoms with van der Waals surface area (Å²) in [5.41, 5.74) is 5.08. The number of aromatic nitrogens is 2. The molecular formula is C23H26N4O. The molecule has 1 N–H and O–H groups in total. The van der Waals surface area contributed by atoms with Gasteiger partial charge < -0.3 is 10.2 Å². The Balaban J connectivity index is 1.81. The van der Waals surface area contributed by atoms with E-state index in [0.29, 0.717) is 11.2 Å². The van der Waals surface area contributed by atoms with Crippen molar-refractivity contribution < 1.29 is 4.79 Å². The maximum atomic E-state index is 13.4. The Bertz CT molecular complexity index is 1010. The number of amides is 1. The highest BCUT2D eigenvalue weighted by atomic mass is 16.2. The molecule has 1 aromatic carbocycles. The second kappa shape index (κ2) is 7.58. The minimum atomic E-state index is 0.0387. The van der Waals surface area contributed by atoms with Crippen LogP contribution in [0.3, 0.4) is 0 Å². The zero-order valence-electron chi connectivity index (χ0n) is 16.7. The van der Waals surface area contributed by atoms with Crippen molar-refractivity contribution >= 4 is 28.3 Å². The van der Waals surface area contributed by atoms with Crippen molar-refractivity contribution in [3.05, 3.63) is 59.4 Å². The fourth-order valence-corrected chi connectivity index (χ4v) is 3.80. The number of hydrogen-bond donors (Lipinski definition) is 1. The predicted octanol–water partition coefficient (Wildman–Crippen LogP) is 5.00. The molecule has 3 heterocycles. The number of rotatable bonds is 3. The van der Waals surface area contributed by atoms with Gasteiger partial charge in [-0.05, 0) is 64.3 Å². The largest absolute Gasteiger partial charge is 0.354 e. The number of pyridine rings is 2. The van der Waals surface area contributed by atoms with Crippen molar-refractivity contribution in [2.24, 2.45) is 0 Å². The zero-order valence-corrected chi connectivity index (χ0v) is 16.7. The summed E-state index contributed by atoms with van der Waals surface area (Å²) >= 11 is 0. The molecule has 0 bridgehead atoms. The molecule has 4 rings (SSSR count). The first-order chi connectivity index (χ1) is 13.5. The Morgan fingerprint density at radius 2 is 1.89 bits per heavy atom. The van der Waals surface area contributed by atoms with Crippen LogP contribution >= 0.6 is 0 Å². The van der Waals surface area contributed by atoms with Crippen molar-refractivity contribution in [3.8, 4) is 0 Å².